The zero-order valence-electron chi connectivity index (χ0n) is 14.5. The Morgan fingerprint density at radius 1 is 1.36 bits per heavy atom. The molecule has 2 aliphatic heterocycles. The fourth-order valence-electron chi connectivity index (χ4n) is 3.39. The van der Waals surface area contributed by atoms with Gasteiger partial charge in [-0.25, -0.2) is 0 Å². The number of thioether (sulfide) groups is 1. The van der Waals surface area contributed by atoms with Crippen LogP contribution in [0.4, 0.5) is 5.69 Å². The van der Waals surface area contributed by atoms with Crippen LogP contribution >= 0.6 is 11.8 Å². The number of benzene rings is 1. The first-order chi connectivity index (χ1) is 12.1. The largest absolute Gasteiger partial charge is 0.384 e. The van der Waals surface area contributed by atoms with Gasteiger partial charge >= 0.3 is 0 Å². The number of ether oxygens (including phenoxy) is 1. The summed E-state index contributed by atoms with van der Waals surface area (Å²) in [5.41, 5.74) is 0.812. The summed E-state index contributed by atoms with van der Waals surface area (Å²) in [5, 5.41) is 8.86. The number of hydrogen-bond donors (Lipinski definition) is 3. The smallest absolute Gasteiger partial charge is 0.238 e. The van der Waals surface area contributed by atoms with E-state index in [1.54, 1.807) is 7.11 Å². The molecule has 3 rings (SSSR count). The Morgan fingerprint density at radius 3 is 2.88 bits per heavy atom. The Hall–Kier alpha value is -1.57. The summed E-state index contributed by atoms with van der Waals surface area (Å²) in [4.78, 5) is 25.6. The molecule has 1 aromatic carbocycles. The van der Waals surface area contributed by atoms with E-state index in [9.17, 15) is 9.59 Å². The van der Waals surface area contributed by atoms with Gasteiger partial charge in [-0.15, -0.1) is 11.8 Å². The van der Waals surface area contributed by atoms with Gasteiger partial charge in [0, 0.05) is 30.4 Å². The summed E-state index contributed by atoms with van der Waals surface area (Å²) < 4.78 is 5.38. The fourth-order valence-corrected chi connectivity index (χ4v) is 4.50. The second kappa shape index (κ2) is 8.21. The summed E-state index contributed by atoms with van der Waals surface area (Å²) in [6.07, 6.45) is 2.15. The zero-order valence-corrected chi connectivity index (χ0v) is 15.3. The van der Waals surface area contributed by atoms with E-state index in [2.05, 4.69) is 16.0 Å². The molecule has 0 spiro atoms. The van der Waals surface area contributed by atoms with Crippen LogP contribution in [-0.4, -0.2) is 50.4 Å². The highest BCUT2D eigenvalue weighted by molar-refractivity contribution is 8.01. The molecule has 2 heterocycles. The molecule has 3 N–H and O–H groups in total. The predicted octanol–water partition coefficient (Wildman–Crippen LogP) is 1.62. The van der Waals surface area contributed by atoms with E-state index in [-0.39, 0.29) is 28.9 Å². The SMILES string of the molecule is COCC1(CNC(=O)CC2Sc3ccccc3NC2=O)CCNCC1. The molecule has 0 aliphatic carbocycles. The summed E-state index contributed by atoms with van der Waals surface area (Å²) in [6, 6.07) is 7.67. The number of hydrogen-bond acceptors (Lipinski definition) is 5. The topological polar surface area (TPSA) is 79.5 Å². The van der Waals surface area contributed by atoms with Crippen molar-refractivity contribution in [3.8, 4) is 0 Å². The first-order valence-electron chi connectivity index (χ1n) is 8.65. The number of fused-ring (bicyclic) bond motifs is 1. The van der Waals surface area contributed by atoms with Gasteiger partial charge in [0.15, 0.2) is 0 Å². The molecule has 1 unspecified atom stereocenters. The van der Waals surface area contributed by atoms with Crippen molar-refractivity contribution in [1.29, 1.82) is 0 Å². The van der Waals surface area contributed by atoms with Crippen LogP contribution in [0.2, 0.25) is 0 Å². The molecule has 1 saturated heterocycles. The Kier molecular flexibility index (Phi) is 5.98. The van der Waals surface area contributed by atoms with Gasteiger partial charge in [0.25, 0.3) is 0 Å². The van der Waals surface area contributed by atoms with Crippen LogP contribution in [0, 0.1) is 5.41 Å². The van der Waals surface area contributed by atoms with E-state index in [4.69, 9.17) is 4.74 Å². The molecular weight excluding hydrogens is 338 g/mol. The average Bonchev–Trinajstić information content (AvgIpc) is 2.62. The lowest BCUT2D eigenvalue weighted by molar-refractivity contribution is -0.124. The van der Waals surface area contributed by atoms with Gasteiger partial charge in [-0.05, 0) is 38.1 Å². The Balaban J connectivity index is 1.54. The fraction of sp³-hybridized carbons (Fsp3) is 0.556. The van der Waals surface area contributed by atoms with Crippen LogP contribution in [-0.2, 0) is 14.3 Å². The minimum absolute atomic E-state index is 0.00970. The molecule has 0 radical (unpaired) electrons. The normalized spacial score (nSPS) is 22.0. The lowest BCUT2D eigenvalue weighted by Gasteiger charge is -2.37. The van der Waals surface area contributed by atoms with Crippen LogP contribution in [0.3, 0.4) is 0 Å². The molecule has 7 heteroatoms. The molecule has 0 saturated carbocycles. The van der Waals surface area contributed by atoms with E-state index < -0.39 is 0 Å². The summed E-state index contributed by atoms with van der Waals surface area (Å²) in [5.74, 6) is -0.187. The minimum atomic E-state index is -0.388. The van der Waals surface area contributed by atoms with E-state index >= 15 is 0 Å². The quantitative estimate of drug-likeness (QED) is 0.716. The number of para-hydroxylation sites is 1. The third-order valence-electron chi connectivity index (χ3n) is 4.85. The van der Waals surface area contributed by atoms with Crippen molar-refractivity contribution in [2.24, 2.45) is 5.41 Å². The standard InChI is InChI=1S/C18H25N3O3S/c1-24-12-18(6-8-19-9-7-18)11-20-16(22)10-15-17(23)21-13-4-2-3-5-14(13)25-15/h2-5,15,19H,6-12H2,1H3,(H,20,22)(H,21,23). The number of piperidine rings is 1. The maximum Gasteiger partial charge on any atom is 0.238 e. The first kappa shape index (κ1) is 18.2. The number of amides is 2. The Morgan fingerprint density at radius 2 is 2.12 bits per heavy atom. The van der Waals surface area contributed by atoms with Crippen molar-refractivity contribution >= 4 is 29.3 Å². The number of carbonyl (C=O) groups is 2. The average molecular weight is 363 g/mol. The van der Waals surface area contributed by atoms with Crippen molar-refractivity contribution in [3.05, 3.63) is 24.3 Å². The minimum Gasteiger partial charge on any atom is -0.384 e. The molecule has 0 bridgehead atoms. The van der Waals surface area contributed by atoms with Crippen molar-refractivity contribution < 1.29 is 14.3 Å². The third kappa shape index (κ3) is 4.54. The predicted molar refractivity (Wildman–Crippen MR) is 98.8 cm³/mol. The Bertz CT molecular complexity index is 626. The lowest BCUT2D eigenvalue weighted by Crippen LogP contribution is -2.47. The highest BCUT2D eigenvalue weighted by Gasteiger charge is 2.34. The molecule has 6 nitrogen and oxygen atoms in total. The maximum atomic E-state index is 12.4. The molecule has 1 aromatic rings. The van der Waals surface area contributed by atoms with Crippen molar-refractivity contribution in [3.63, 3.8) is 0 Å². The molecule has 136 valence electrons. The molecule has 2 aliphatic rings. The van der Waals surface area contributed by atoms with Gasteiger partial charge in [0.2, 0.25) is 11.8 Å². The summed E-state index contributed by atoms with van der Waals surface area (Å²) in [6.45, 7) is 3.12. The van der Waals surface area contributed by atoms with Crippen molar-refractivity contribution in [1.82, 2.24) is 10.6 Å². The van der Waals surface area contributed by atoms with Crippen molar-refractivity contribution in [2.45, 2.75) is 29.4 Å². The Labute approximate surface area is 152 Å². The monoisotopic (exact) mass is 363 g/mol. The van der Waals surface area contributed by atoms with E-state index in [0.717, 1.165) is 36.5 Å². The van der Waals surface area contributed by atoms with E-state index in [1.165, 1.54) is 11.8 Å². The lowest BCUT2D eigenvalue weighted by atomic mass is 9.79. The van der Waals surface area contributed by atoms with Gasteiger partial charge in [-0.2, -0.15) is 0 Å². The molecule has 0 aromatic heterocycles. The highest BCUT2D eigenvalue weighted by Crippen LogP contribution is 2.36. The van der Waals surface area contributed by atoms with E-state index in [0.29, 0.717) is 13.2 Å². The third-order valence-corrected chi connectivity index (χ3v) is 6.13. The van der Waals surface area contributed by atoms with Gasteiger partial charge in [0.1, 0.15) is 0 Å². The van der Waals surface area contributed by atoms with Crippen LogP contribution in [0.25, 0.3) is 0 Å². The second-order valence-corrected chi connectivity index (χ2v) is 8.00. The zero-order chi connectivity index (χ0) is 17.7. The van der Waals surface area contributed by atoms with Crippen LogP contribution in [0.15, 0.2) is 29.2 Å². The molecule has 1 atom stereocenters. The van der Waals surface area contributed by atoms with Crippen molar-refractivity contribution in [2.75, 3.05) is 38.7 Å². The van der Waals surface area contributed by atoms with Gasteiger partial charge in [0.05, 0.1) is 17.5 Å². The number of nitrogens with one attached hydrogen (secondary N) is 3. The first-order valence-corrected chi connectivity index (χ1v) is 9.53. The van der Waals surface area contributed by atoms with Crippen LogP contribution in [0.5, 0.6) is 0 Å². The van der Waals surface area contributed by atoms with Crippen LogP contribution in [0.1, 0.15) is 19.3 Å². The summed E-state index contributed by atoms with van der Waals surface area (Å²) >= 11 is 1.46. The van der Waals surface area contributed by atoms with Crippen LogP contribution < -0.4 is 16.0 Å². The summed E-state index contributed by atoms with van der Waals surface area (Å²) in [7, 11) is 1.70. The molecule has 2 amide bonds. The molecule has 1 fully saturated rings. The number of rotatable bonds is 6. The number of anilines is 1. The van der Waals surface area contributed by atoms with Gasteiger partial charge in [-0.1, -0.05) is 12.1 Å². The highest BCUT2D eigenvalue weighted by atomic mass is 32.2. The number of carbonyl (C=O) groups excluding carboxylic acids is 2. The number of methoxy groups -OCH3 is 1. The molecular formula is C18H25N3O3S. The maximum absolute atomic E-state index is 12.4. The second-order valence-electron chi connectivity index (χ2n) is 6.76. The molecule has 25 heavy (non-hydrogen) atoms. The van der Waals surface area contributed by atoms with E-state index in [1.807, 2.05) is 24.3 Å². The van der Waals surface area contributed by atoms with Gasteiger partial charge in [-0.3, -0.25) is 9.59 Å². The van der Waals surface area contributed by atoms with Gasteiger partial charge < -0.3 is 20.7 Å².